The smallest absolute Gasteiger partial charge is 0.258 e. The molecule has 27 heavy (non-hydrogen) atoms. The number of carbonyl (C=O) groups excluding carboxylic acids is 3. The lowest BCUT2D eigenvalue weighted by Crippen LogP contribution is -2.51. The molecule has 11 heteroatoms. The summed E-state index contributed by atoms with van der Waals surface area (Å²) in [7, 11) is -3.97. The number of imide groups is 1. The molecule has 2 saturated heterocycles. The van der Waals surface area contributed by atoms with Gasteiger partial charge < -0.3 is 4.90 Å². The molecule has 0 spiro atoms. The maximum atomic E-state index is 13.1. The van der Waals surface area contributed by atoms with Crippen LogP contribution in [-0.4, -0.2) is 77.6 Å². The number of nitrogens with one attached hydrogen (secondary N) is 1. The van der Waals surface area contributed by atoms with Gasteiger partial charge in [-0.3, -0.25) is 19.7 Å². The van der Waals surface area contributed by atoms with E-state index in [1.165, 1.54) is 34.3 Å². The van der Waals surface area contributed by atoms with E-state index >= 15 is 0 Å². The van der Waals surface area contributed by atoms with Crippen molar-refractivity contribution >= 4 is 51.3 Å². The van der Waals surface area contributed by atoms with Crippen molar-refractivity contribution in [3.05, 3.63) is 29.3 Å². The number of rotatable bonds is 3. The fourth-order valence-electron chi connectivity index (χ4n) is 3.30. The van der Waals surface area contributed by atoms with Gasteiger partial charge in [0.25, 0.3) is 11.8 Å². The van der Waals surface area contributed by atoms with Gasteiger partial charge in [0.2, 0.25) is 15.9 Å². The number of hydrogen-bond donors (Lipinski definition) is 1. The molecule has 1 unspecified atom stereocenters. The topological polar surface area (TPSA) is 104 Å². The Hall–Kier alpha value is -1.56. The second-order valence-corrected chi connectivity index (χ2v) is 10.5. The van der Waals surface area contributed by atoms with Crippen molar-refractivity contribution in [2.45, 2.75) is 10.9 Å². The maximum Gasteiger partial charge on any atom is 0.258 e. The van der Waals surface area contributed by atoms with Crippen molar-refractivity contribution in [1.29, 1.82) is 0 Å². The van der Waals surface area contributed by atoms with Gasteiger partial charge in [-0.15, -0.1) is 11.8 Å². The van der Waals surface area contributed by atoms with Crippen LogP contribution in [-0.2, 0) is 14.8 Å². The van der Waals surface area contributed by atoms with Gasteiger partial charge in [0.15, 0.2) is 0 Å². The van der Waals surface area contributed by atoms with Gasteiger partial charge >= 0.3 is 0 Å². The van der Waals surface area contributed by atoms with E-state index in [-0.39, 0.29) is 27.8 Å². The summed E-state index contributed by atoms with van der Waals surface area (Å²) in [4.78, 5) is 38.0. The first-order valence-electron chi connectivity index (χ1n) is 8.35. The molecule has 0 aromatic heterocycles. The van der Waals surface area contributed by atoms with E-state index in [0.717, 1.165) is 11.5 Å². The summed E-state index contributed by atoms with van der Waals surface area (Å²) in [6.07, 6.45) is 0. The highest BCUT2D eigenvalue weighted by Gasteiger charge is 2.42. The highest BCUT2D eigenvalue weighted by molar-refractivity contribution is 8.00. The number of sulfonamides is 1. The standard InChI is InChI=1S/C16H17N3O5S3/c20-14-11-2-1-10(7-12(11)15(21)17-14)27(23,24)19-9-26-8-13(19)16(22)18-3-5-25-6-4-18/h1-2,7,13H,3-6,8-9H2,(H,17,20,21). The summed E-state index contributed by atoms with van der Waals surface area (Å²) >= 11 is 3.17. The van der Waals surface area contributed by atoms with Gasteiger partial charge in [0.05, 0.1) is 21.9 Å². The first-order valence-corrected chi connectivity index (χ1v) is 12.1. The zero-order valence-electron chi connectivity index (χ0n) is 14.2. The molecule has 3 amide bonds. The third kappa shape index (κ3) is 3.26. The van der Waals surface area contributed by atoms with E-state index < -0.39 is 27.9 Å². The molecule has 0 bridgehead atoms. The third-order valence-electron chi connectivity index (χ3n) is 4.76. The van der Waals surface area contributed by atoms with Crippen molar-refractivity contribution in [3.63, 3.8) is 0 Å². The van der Waals surface area contributed by atoms with E-state index in [4.69, 9.17) is 0 Å². The monoisotopic (exact) mass is 427 g/mol. The van der Waals surface area contributed by atoms with E-state index in [0.29, 0.717) is 18.8 Å². The van der Waals surface area contributed by atoms with Crippen molar-refractivity contribution < 1.29 is 22.8 Å². The molecule has 2 fully saturated rings. The molecule has 0 aliphatic carbocycles. The summed E-state index contributed by atoms with van der Waals surface area (Å²) in [6, 6.07) is 3.12. The van der Waals surface area contributed by atoms with E-state index in [2.05, 4.69) is 5.32 Å². The lowest BCUT2D eigenvalue weighted by molar-refractivity contribution is -0.133. The molecule has 0 saturated carbocycles. The lowest BCUT2D eigenvalue weighted by atomic mass is 10.1. The predicted molar refractivity (Wildman–Crippen MR) is 102 cm³/mol. The van der Waals surface area contributed by atoms with Crippen LogP contribution in [0.4, 0.5) is 0 Å². The Morgan fingerprint density at radius 3 is 2.52 bits per heavy atom. The van der Waals surface area contributed by atoms with Crippen LogP contribution >= 0.6 is 23.5 Å². The van der Waals surface area contributed by atoms with Crippen LogP contribution in [0.5, 0.6) is 0 Å². The molecule has 144 valence electrons. The van der Waals surface area contributed by atoms with Gasteiger partial charge in [-0.05, 0) is 18.2 Å². The molecular formula is C16H17N3O5S3. The van der Waals surface area contributed by atoms with Crippen LogP contribution in [0.2, 0.25) is 0 Å². The minimum absolute atomic E-state index is 0.0452. The summed E-state index contributed by atoms with van der Waals surface area (Å²) < 4.78 is 27.5. The van der Waals surface area contributed by atoms with Crippen LogP contribution in [0.25, 0.3) is 0 Å². The van der Waals surface area contributed by atoms with Gasteiger partial charge in [0.1, 0.15) is 6.04 Å². The van der Waals surface area contributed by atoms with Crippen LogP contribution in [0.15, 0.2) is 23.1 Å². The summed E-state index contributed by atoms with van der Waals surface area (Å²) in [5, 5.41) is 2.15. The van der Waals surface area contributed by atoms with Crippen LogP contribution in [0.3, 0.4) is 0 Å². The minimum atomic E-state index is -3.97. The molecular weight excluding hydrogens is 410 g/mol. The fraction of sp³-hybridized carbons (Fsp3) is 0.438. The van der Waals surface area contributed by atoms with Crippen molar-refractivity contribution in [2.24, 2.45) is 0 Å². The number of benzene rings is 1. The van der Waals surface area contributed by atoms with Crippen molar-refractivity contribution in [3.8, 4) is 0 Å². The highest BCUT2D eigenvalue weighted by Crippen LogP contribution is 2.31. The van der Waals surface area contributed by atoms with Crippen LogP contribution < -0.4 is 5.32 Å². The molecule has 0 radical (unpaired) electrons. The zero-order valence-corrected chi connectivity index (χ0v) is 16.7. The van der Waals surface area contributed by atoms with Crippen molar-refractivity contribution in [1.82, 2.24) is 14.5 Å². The number of hydrogen-bond acceptors (Lipinski definition) is 7. The van der Waals surface area contributed by atoms with E-state index in [9.17, 15) is 22.8 Å². The van der Waals surface area contributed by atoms with Gasteiger partial charge in [-0.1, -0.05) is 0 Å². The quantitative estimate of drug-likeness (QED) is 0.688. The highest BCUT2D eigenvalue weighted by atomic mass is 32.2. The number of nitrogens with zero attached hydrogens (tertiary/aromatic N) is 2. The number of fused-ring (bicyclic) bond motifs is 1. The first kappa shape index (κ1) is 18.8. The number of thioether (sulfide) groups is 2. The average molecular weight is 428 g/mol. The molecule has 1 aromatic rings. The molecule has 3 aliphatic heterocycles. The fourth-order valence-corrected chi connectivity index (χ4v) is 7.36. The van der Waals surface area contributed by atoms with E-state index in [1.807, 2.05) is 0 Å². The normalized spacial score (nSPS) is 23.4. The number of amides is 3. The largest absolute Gasteiger partial charge is 0.340 e. The Morgan fingerprint density at radius 2 is 1.78 bits per heavy atom. The second-order valence-electron chi connectivity index (χ2n) is 6.34. The van der Waals surface area contributed by atoms with E-state index in [1.54, 1.807) is 16.7 Å². The maximum absolute atomic E-state index is 13.1. The molecule has 1 aromatic carbocycles. The molecule has 1 N–H and O–H groups in total. The molecule has 8 nitrogen and oxygen atoms in total. The summed E-state index contributed by atoms with van der Waals surface area (Å²) in [5.74, 6) is 0.985. The number of carbonyl (C=O) groups is 3. The third-order valence-corrected chi connectivity index (χ3v) is 8.73. The van der Waals surface area contributed by atoms with Crippen LogP contribution in [0.1, 0.15) is 20.7 Å². The Balaban J connectivity index is 1.63. The van der Waals surface area contributed by atoms with Gasteiger partial charge in [0, 0.05) is 30.3 Å². The Labute approximate surface area is 165 Å². The first-order chi connectivity index (χ1) is 12.9. The SMILES string of the molecule is O=C1NC(=O)c2cc(S(=O)(=O)N3CSCC3C(=O)N3CCSCC3)ccc21. The van der Waals surface area contributed by atoms with Crippen molar-refractivity contribution in [2.75, 3.05) is 36.2 Å². The molecule has 3 heterocycles. The predicted octanol–water partition coefficient (Wildman–Crippen LogP) is 0.209. The zero-order chi connectivity index (χ0) is 19.2. The molecule has 4 rings (SSSR count). The Kier molecular flexibility index (Phi) is 4.95. The lowest BCUT2D eigenvalue weighted by Gasteiger charge is -2.31. The minimum Gasteiger partial charge on any atom is -0.340 e. The average Bonchev–Trinajstić information content (AvgIpc) is 3.27. The molecule has 1 atom stereocenters. The second kappa shape index (κ2) is 7.12. The Bertz CT molecular complexity index is 927. The summed E-state index contributed by atoms with van der Waals surface area (Å²) in [6.45, 7) is 1.25. The van der Waals surface area contributed by atoms with Gasteiger partial charge in [-0.2, -0.15) is 16.1 Å². The Morgan fingerprint density at radius 1 is 1.07 bits per heavy atom. The molecule has 3 aliphatic rings. The summed E-state index contributed by atoms with van der Waals surface area (Å²) in [5.41, 5.74) is 0.206. The van der Waals surface area contributed by atoms with Gasteiger partial charge in [-0.25, -0.2) is 8.42 Å². The van der Waals surface area contributed by atoms with Crippen LogP contribution in [0, 0.1) is 0 Å².